The van der Waals surface area contributed by atoms with Crippen LogP contribution in [0.15, 0.2) is 53.4 Å². The van der Waals surface area contributed by atoms with E-state index in [0.29, 0.717) is 17.3 Å². The van der Waals surface area contributed by atoms with Crippen molar-refractivity contribution in [3.05, 3.63) is 59.1 Å². The van der Waals surface area contributed by atoms with E-state index in [1.54, 1.807) is 23.9 Å². The second-order valence-electron chi connectivity index (χ2n) is 6.99. The van der Waals surface area contributed by atoms with Crippen molar-refractivity contribution in [1.29, 1.82) is 0 Å². The summed E-state index contributed by atoms with van der Waals surface area (Å²) in [7, 11) is -3.59. The van der Waals surface area contributed by atoms with Gasteiger partial charge in [-0.15, -0.1) is 11.8 Å². The van der Waals surface area contributed by atoms with Crippen LogP contribution in [-0.4, -0.2) is 39.4 Å². The number of amides is 1. The van der Waals surface area contributed by atoms with Crippen LogP contribution in [0.25, 0.3) is 0 Å². The van der Waals surface area contributed by atoms with E-state index in [1.807, 2.05) is 50.2 Å². The predicted molar refractivity (Wildman–Crippen MR) is 123 cm³/mol. The highest BCUT2D eigenvalue weighted by Crippen LogP contribution is 2.28. The smallest absolute Gasteiger partial charge is 0.240 e. The molecule has 0 bridgehead atoms. The predicted octanol–water partition coefficient (Wildman–Crippen LogP) is 4.53. The molecule has 2 aromatic rings. The van der Waals surface area contributed by atoms with Crippen LogP contribution in [-0.2, 0) is 14.8 Å². The van der Waals surface area contributed by atoms with Crippen molar-refractivity contribution in [1.82, 2.24) is 5.32 Å². The largest absolute Gasteiger partial charge is 0.354 e. The molecule has 0 heterocycles. The van der Waals surface area contributed by atoms with Gasteiger partial charge in [-0.2, -0.15) is 0 Å². The zero-order chi connectivity index (χ0) is 21.4. The molecule has 1 N–H and O–H groups in total. The van der Waals surface area contributed by atoms with Gasteiger partial charge in [0.1, 0.15) is 6.54 Å². The summed E-state index contributed by atoms with van der Waals surface area (Å²) in [6, 6.07) is 14.9. The lowest BCUT2D eigenvalue weighted by Crippen LogP contribution is -2.41. The Kier molecular flexibility index (Phi) is 8.86. The van der Waals surface area contributed by atoms with Crippen LogP contribution in [0.5, 0.6) is 0 Å². The molecule has 158 valence electrons. The average Bonchev–Trinajstić information content (AvgIpc) is 2.66. The fraction of sp³-hybridized carbons (Fsp3) is 0.381. The van der Waals surface area contributed by atoms with E-state index in [-0.39, 0.29) is 18.4 Å². The fourth-order valence-electron chi connectivity index (χ4n) is 2.79. The zero-order valence-corrected chi connectivity index (χ0v) is 19.3. The molecule has 29 heavy (non-hydrogen) atoms. The molecule has 2 rings (SSSR count). The van der Waals surface area contributed by atoms with Crippen LogP contribution < -0.4 is 9.62 Å². The summed E-state index contributed by atoms with van der Waals surface area (Å²) in [5, 5.41) is 3.52. The summed E-state index contributed by atoms with van der Waals surface area (Å²) in [6.45, 7) is 4.26. The maximum absolute atomic E-state index is 12.4. The summed E-state index contributed by atoms with van der Waals surface area (Å²) in [6.07, 6.45) is 1.90. The first-order valence-electron chi connectivity index (χ1n) is 9.40. The number of hydrogen-bond donors (Lipinski definition) is 1. The molecule has 0 radical (unpaired) electrons. The van der Waals surface area contributed by atoms with Gasteiger partial charge < -0.3 is 5.32 Å². The lowest BCUT2D eigenvalue weighted by molar-refractivity contribution is -0.119. The first-order valence-corrected chi connectivity index (χ1v) is 12.6. The molecule has 0 aliphatic heterocycles. The molecule has 0 saturated carbocycles. The number of anilines is 1. The molecule has 0 aromatic heterocycles. The number of para-hydroxylation sites is 1. The number of carbonyl (C=O) groups excluding carboxylic acids is 1. The van der Waals surface area contributed by atoms with Gasteiger partial charge >= 0.3 is 0 Å². The summed E-state index contributed by atoms with van der Waals surface area (Å²) >= 11 is 7.56. The van der Waals surface area contributed by atoms with Crippen LogP contribution >= 0.6 is 23.4 Å². The fourth-order valence-corrected chi connectivity index (χ4v) is 4.65. The second-order valence-corrected chi connectivity index (χ2v) is 10.5. The second kappa shape index (κ2) is 10.9. The summed E-state index contributed by atoms with van der Waals surface area (Å²) in [5.74, 6) is 0.669. The number of rotatable bonds is 10. The molecule has 2 aromatic carbocycles. The third kappa shape index (κ3) is 7.57. The van der Waals surface area contributed by atoms with Crippen LogP contribution in [0.3, 0.4) is 0 Å². The molecular weight excluding hydrogens is 428 g/mol. The zero-order valence-electron chi connectivity index (χ0n) is 16.9. The molecule has 5 nitrogen and oxygen atoms in total. The minimum Gasteiger partial charge on any atom is -0.354 e. The molecule has 0 aliphatic rings. The number of benzene rings is 2. The van der Waals surface area contributed by atoms with E-state index in [4.69, 9.17) is 11.6 Å². The number of sulfonamides is 1. The van der Waals surface area contributed by atoms with Crippen LogP contribution in [0.2, 0.25) is 5.02 Å². The van der Waals surface area contributed by atoms with Crippen LogP contribution in [0.1, 0.15) is 31.7 Å². The molecule has 0 atom stereocenters. The highest BCUT2D eigenvalue weighted by Gasteiger charge is 2.23. The highest BCUT2D eigenvalue weighted by atomic mass is 35.5. The first-order chi connectivity index (χ1) is 13.7. The Morgan fingerprint density at radius 1 is 1.14 bits per heavy atom. The highest BCUT2D eigenvalue weighted by molar-refractivity contribution is 7.99. The maximum atomic E-state index is 12.4. The number of carbonyl (C=O) groups is 1. The topological polar surface area (TPSA) is 66.5 Å². The Hall–Kier alpha value is -1.70. The molecule has 0 fully saturated rings. The summed E-state index contributed by atoms with van der Waals surface area (Å²) in [5.41, 5.74) is 1.45. The molecule has 0 unspecified atom stereocenters. The molecule has 8 heteroatoms. The minimum atomic E-state index is -3.59. The van der Waals surface area contributed by atoms with Gasteiger partial charge in [0.05, 0.1) is 11.9 Å². The molecular formula is C21H27ClN2O3S2. The number of thioether (sulfide) groups is 1. The van der Waals surface area contributed by atoms with Gasteiger partial charge in [0.25, 0.3) is 0 Å². The number of halogens is 1. The lowest BCUT2D eigenvalue weighted by atomic mass is 10.0. The Balaban J connectivity index is 1.90. The van der Waals surface area contributed by atoms with E-state index in [2.05, 4.69) is 5.32 Å². The normalized spacial score (nSPS) is 11.5. The van der Waals surface area contributed by atoms with Gasteiger partial charge in [-0.1, -0.05) is 43.6 Å². The molecule has 0 saturated heterocycles. The standard InChI is InChI=1S/C21H27ClN2O3S2/c1-16(2)19-7-4-5-8-20(19)24(29(3,26)27)15-21(25)23-13-6-14-28-18-11-9-17(22)10-12-18/h4-5,7-12,16H,6,13-15H2,1-3H3,(H,23,25). The number of hydrogen-bond acceptors (Lipinski definition) is 4. The van der Waals surface area contributed by atoms with E-state index < -0.39 is 10.0 Å². The van der Waals surface area contributed by atoms with E-state index in [1.165, 1.54) is 4.31 Å². The Morgan fingerprint density at radius 2 is 1.79 bits per heavy atom. The summed E-state index contributed by atoms with van der Waals surface area (Å²) < 4.78 is 25.8. The first kappa shape index (κ1) is 23.6. The average molecular weight is 455 g/mol. The van der Waals surface area contributed by atoms with Crippen LogP contribution in [0, 0.1) is 0 Å². The van der Waals surface area contributed by atoms with Crippen molar-refractivity contribution in [3.8, 4) is 0 Å². The van der Waals surface area contributed by atoms with Crippen molar-refractivity contribution in [3.63, 3.8) is 0 Å². The van der Waals surface area contributed by atoms with Crippen molar-refractivity contribution in [2.75, 3.05) is 29.4 Å². The third-order valence-electron chi connectivity index (χ3n) is 4.24. The minimum absolute atomic E-state index is 0.142. The monoisotopic (exact) mass is 454 g/mol. The van der Waals surface area contributed by atoms with Crippen molar-refractivity contribution in [2.45, 2.75) is 31.1 Å². The summed E-state index contributed by atoms with van der Waals surface area (Å²) in [4.78, 5) is 13.5. The lowest BCUT2D eigenvalue weighted by Gasteiger charge is -2.25. The van der Waals surface area contributed by atoms with Crippen LogP contribution in [0.4, 0.5) is 5.69 Å². The number of nitrogens with zero attached hydrogens (tertiary/aromatic N) is 1. The van der Waals surface area contributed by atoms with Gasteiger partial charge in [0.2, 0.25) is 15.9 Å². The molecule has 1 amide bonds. The van der Waals surface area contributed by atoms with Gasteiger partial charge in [-0.3, -0.25) is 9.10 Å². The Labute approximate surface area is 182 Å². The van der Waals surface area contributed by atoms with Crippen molar-refractivity contribution >= 4 is 45.0 Å². The van der Waals surface area contributed by atoms with E-state index in [0.717, 1.165) is 28.9 Å². The Morgan fingerprint density at radius 3 is 2.41 bits per heavy atom. The van der Waals surface area contributed by atoms with Crippen molar-refractivity contribution in [2.24, 2.45) is 0 Å². The van der Waals surface area contributed by atoms with E-state index >= 15 is 0 Å². The Bertz CT molecular complexity index is 916. The SMILES string of the molecule is CC(C)c1ccccc1N(CC(=O)NCCCSc1ccc(Cl)cc1)S(C)(=O)=O. The third-order valence-corrected chi connectivity index (χ3v) is 6.72. The van der Waals surface area contributed by atoms with Gasteiger partial charge in [-0.25, -0.2) is 8.42 Å². The van der Waals surface area contributed by atoms with Gasteiger partial charge in [0.15, 0.2) is 0 Å². The quantitative estimate of drug-likeness (QED) is 0.423. The maximum Gasteiger partial charge on any atom is 0.240 e. The molecule has 0 aliphatic carbocycles. The van der Waals surface area contributed by atoms with Gasteiger partial charge in [-0.05, 0) is 54.0 Å². The van der Waals surface area contributed by atoms with E-state index in [9.17, 15) is 13.2 Å². The van der Waals surface area contributed by atoms with Gasteiger partial charge in [0, 0.05) is 16.5 Å². The molecule has 0 spiro atoms. The van der Waals surface area contributed by atoms with Crippen molar-refractivity contribution < 1.29 is 13.2 Å². The number of nitrogens with one attached hydrogen (secondary N) is 1.